The van der Waals surface area contributed by atoms with Crippen LogP contribution in [0.1, 0.15) is 13.3 Å². The Labute approximate surface area is 53.6 Å². The topological polar surface area (TPSA) is 58.2 Å². The lowest BCUT2D eigenvalue weighted by atomic mass is 10.5. The van der Waals surface area contributed by atoms with Crippen molar-refractivity contribution in [2.75, 3.05) is 6.54 Å². The first kappa shape index (κ1) is 7.94. The summed E-state index contributed by atoms with van der Waals surface area (Å²) < 4.78 is 0. The highest BCUT2D eigenvalue weighted by atomic mass is 16.2. The average molecular weight is 129 g/mol. The van der Waals surface area contributed by atoms with Crippen molar-refractivity contribution in [3.63, 3.8) is 0 Å². The highest BCUT2D eigenvalue weighted by molar-refractivity contribution is 5.84. The molecular formula is C5H9N2O2. The molecule has 0 unspecified atom stereocenters. The normalized spacial score (nSPS) is 8.11. The molecule has 4 nitrogen and oxygen atoms in total. The van der Waals surface area contributed by atoms with E-state index in [2.05, 4.69) is 5.32 Å². The van der Waals surface area contributed by atoms with Gasteiger partial charge >= 0.3 is 12.4 Å². The molecular weight excluding hydrogens is 120 g/mol. The van der Waals surface area contributed by atoms with Gasteiger partial charge in [-0.05, 0) is 6.42 Å². The Balaban J connectivity index is 3.16. The van der Waals surface area contributed by atoms with E-state index >= 15 is 0 Å². The van der Waals surface area contributed by atoms with Crippen molar-refractivity contribution in [1.82, 2.24) is 10.6 Å². The van der Waals surface area contributed by atoms with Gasteiger partial charge in [-0.1, -0.05) is 6.92 Å². The van der Waals surface area contributed by atoms with Crippen LogP contribution in [0.5, 0.6) is 0 Å². The second-order valence-corrected chi connectivity index (χ2v) is 1.48. The van der Waals surface area contributed by atoms with Gasteiger partial charge in [0.05, 0.1) is 0 Å². The molecule has 0 saturated carbocycles. The van der Waals surface area contributed by atoms with Crippen molar-refractivity contribution >= 4 is 12.4 Å². The summed E-state index contributed by atoms with van der Waals surface area (Å²) in [6.45, 7) is 2.50. The van der Waals surface area contributed by atoms with Gasteiger partial charge in [0.1, 0.15) is 0 Å². The number of hydrogen-bond donors (Lipinski definition) is 2. The summed E-state index contributed by atoms with van der Waals surface area (Å²) in [5.41, 5.74) is 0. The number of urea groups is 1. The summed E-state index contributed by atoms with van der Waals surface area (Å²) in [7, 11) is 0. The predicted octanol–water partition coefficient (Wildman–Crippen LogP) is -0.237. The van der Waals surface area contributed by atoms with Gasteiger partial charge in [0.25, 0.3) is 0 Å². The van der Waals surface area contributed by atoms with E-state index in [0.717, 1.165) is 6.42 Å². The van der Waals surface area contributed by atoms with Crippen LogP contribution in [0.15, 0.2) is 0 Å². The summed E-state index contributed by atoms with van der Waals surface area (Å²) in [5, 5.41) is 4.25. The van der Waals surface area contributed by atoms with Crippen molar-refractivity contribution < 1.29 is 9.59 Å². The monoisotopic (exact) mass is 129 g/mol. The molecule has 0 fully saturated rings. The highest BCUT2D eigenvalue weighted by Gasteiger charge is 1.93. The molecule has 2 N–H and O–H groups in total. The Morgan fingerprint density at radius 3 is 2.78 bits per heavy atom. The van der Waals surface area contributed by atoms with Gasteiger partial charge in [0, 0.05) is 6.54 Å². The fourth-order valence-electron chi connectivity index (χ4n) is 0.329. The van der Waals surface area contributed by atoms with E-state index in [-0.39, 0.29) is 0 Å². The Kier molecular flexibility index (Phi) is 4.49. The molecule has 3 amide bonds. The van der Waals surface area contributed by atoms with Crippen LogP contribution in [0, 0.1) is 0 Å². The third kappa shape index (κ3) is 4.80. The molecule has 0 heterocycles. The summed E-state index contributed by atoms with van der Waals surface area (Å²) >= 11 is 0. The molecule has 9 heavy (non-hydrogen) atoms. The molecule has 0 aliphatic heterocycles. The first-order chi connectivity index (χ1) is 4.31. The molecule has 0 bridgehead atoms. The first-order valence-corrected chi connectivity index (χ1v) is 2.72. The van der Waals surface area contributed by atoms with Crippen molar-refractivity contribution in [3.05, 3.63) is 0 Å². The second-order valence-electron chi connectivity index (χ2n) is 1.48. The number of carbonyl (C=O) groups excluding carboxylic acids is 2. The smallest absolute Gasteiger partial charge is 0.321 e. The lowest BCUT2D eigenvalue weighted by Crippen LogP contribution is -2.34. The summed E-state index contributed by atoms with van der Waals surface area (Å²) in [6, 6.07) is -0.494. The SMILES string of the molecule is CCCNC(=O)N[C]=O. The minimum Gasteiger partial charge on any atom is -0.338 e. The van der Waals surface area contributed by atoms with E-state index in [4.69, 9.17) is 0 Å². The average Bonchev–Trinajstić information content (AvgIpc) is 1.85. The number of imide groups is 1. The van der Waals surface area contributed by atoms with Crippen molar-refractivity contribution in [2.24, 2.45) is 0 Å². The van der Waals surface area contributed by atoms with E-state index in [1.807, 2.05) is 12.2 Å². The number of rotatable bonds is 3. The van der Waals surface area contributed by atoms with Crippen molar-refractivity contribution in [2.45, 2.75) is 13.3 Å². The second kappa shape index (κ2) is 5.08. The third-order valence-electron chi connectivity index (χ3n) is 0.700. The van der Waals surface area contributed by atoms with Crippen LogP contribution in [0.2, 0.25) is 0 Å². The van der Waals surface area contributed by atoms with Gasteiger partial charge in [-0.15, -0.1) is 0 Å². The highest BCUT2D eigenvalue weighted by Crippen LogP contribution is 1.68. The molecule has 0 rings (SSSR count). The molecule has 0 atom stereocenters. The molecule has 0 saturated heterocycles. The van der Waals surface area contributed by atoms with E-state index in [9.17, 15) is 9.59 Å². The van der Waals surface area contributed by atoms with Gasteiger partial charge in [-0.25, -0.2) is 4.79 Å². The standard InChI is InChI=1S/C5H9N2O2/c1-2-3-6-5(9)7-4-8/h2-3H2,1H3,(H2,6,7,8,9). The molecule has 0 aromatic carbocycles. The Hall–Kier alpha value is -1.06. The van der Waals surface area contributed by atoms with Crippen LogP contribution in [-0.2, 0) is 4.79 Å². The van der Waals surface area contributed by atoms with E-state index in [1.165, 1.54) is 6.41 Å². The van der Waals surface area contributed by atoms with Gasteiger partial charge in [0.15, 0.2) is 0 Å². The van der Waals surface area contributed by atoms with E-state index < -0.39 is 6.03 Å². The Morgan fingerprint density at radius 1 is 1.67 bits per heavy atom. The van der Waals surface area contributed by atoms with Crippen LogP contribution in [-0.4, -0.2) is 19.0 Å². The van der Waals surface area contributed by atoms with Crippen molar-refractivity contribution in [3.8, 4) is 0 Å². The zero-order valence-electron chi connectivity index (χ0n) is 5.23. The third-order valence-corrected chi connectivity index (χ3v) is 0.700. The quantitative estimate of drug-likeness (QED) is 0.517. The first-order valence-electron chi connectivity index (χ1n) is 2.72. The Morgan fingerprint density at radius 2 is 2.33 bits per heavy atom. The lowest BCUT2D eigenvalue weighted by Gasteiger charge is -1.97. The number of hydrogen-bond acceptors (Lipinski definition) is 2. The van der Waals surface area contributed by atoms with E-state index in [1.54, 1.807) is 0 Å². The molecule has 51 valence electrons. The van der Waals surface area contributed by atoms with Crippen LogP contribution < -0.4 is 10.6 Å². The van der Waals surface area contributed by atoms with Gasteiger partial charge in [-0.2, -0.15) is 0 Å². The van der Waals surface area contributed by atoms with Gasteiger partial charge in [-0.3, -0.25) is 10.1 Å². The Bertz CT molecular complexity index is 103. The number of amides is 3. The fourth-order valence-corrected chi connectivity index (χ4v) is 0.329. The van der Waals surface area contributed by atoms with Crippen LogP contribution in [0.3, 0.4) is 0 Å². The summed E-state index contributed by atoms with van der Waals surface area (Å²) in [5.74, 6) is 0. The van der Waals surface area contributed by atoms with Crippen molar-refractivity contribution in [1.29, 1.82) is 0 Å². The van der Waals surface area contributed by atoms with E-state index in [0.29, 0.717) is 6.54 Å². The molecule has 0 aliphatic carbocycles. The molecule has 0 aliphatic rings. The summed E-state index contributed by atoms with van der Waals surface area (Å²) in [6.07, 6.45) is 2.12. The fraction of sp³-hybridized carbons (Fsp3) is 0.600. The number of carbonyl (C=O) groups is 1. The molecule has 4 heteroatoms. The zero-order valence-corrected chi connectivity index (χ0v) is 5.23. The maximum atomic E-state index is 10.3. The lowest BCUT2D eigenvalue weighted by molar-refractivity contribution is 0.245. The predicted molar refractivity (Wildman–Crippen MR) is 32.5 cm³/mol. The molecule has 0 aromatic rings. The minimum absolute atomic E-state index is 0.494. The molecule has 0 spiro atoms. The molecule has 1 radical (unpaired) electrons. The maximum Gasteiger partial charge on any atom is 0.321 e. The largest absolute Gasteiger partial charge is 0.338 e. The van der Waals surface area contributed by atoms with Gasteiger partial charge in [0.2, 0.25) is 0 Å². The van der Waals surface area contributed by atoms with Crippen LogP contribution >= 0.6 is 0 Å². The number of nitrogens with one attached hydrogen (secondary N) is 2. The minimum atomic E-state index is -0.494. The maximum absolute atomic E-state index is 10.3. The molecule has 0 aromatic heterocycles. The van der Waals surface area contributed by atoms with Crippen LogP contribution in [0.4, 0.5) is 4.79 Å². The van der Waals surface area contributed by atoms with Crippen LogP contribution in [0.25, 0.3) is 0 Å². The zero-order chi connectivity index (χ0) is 7.11. The van der Waals surface area contributed by atoms with Gasteiger partial charge < -0.3 is 5.32 Å². The summed E-state index contributed by atoms with van der Waals surface area (Å²) in [4.78, 5) is 19.8.